The van der Waals surface area contributed by atoms with Crippen LogP contribution in [0.2, 0.25) is 0 Å². The maximum atomic E-state index is 12.8. The summed E-state index contributed by atoms with van der Waals surface area (Å²) in [6.07, 6.45) is -4.48. The van der Waals surface area contributed by atoms with Crippen LogP contribution in [-0.4, -0.2) is 30.4 Å². The molecule has 150 valence electrons. The predicted octanol–water partition coefficient (Wildman–Crippen LogP) is 4.09. The first kappa shape index (κ1) is 21.5. The molecule has 0 spiro atoms. The van der Waals surface area contributed by atoms with Crippen molar-refractivity contribution in [3.63, 3.8) is 0 Å². The number of ether oxygens (including phenoxy) is 1. The molecule has 0 aliphatic carbocycles. The van der Waals surface area contributed by atoms with Crippen LogP contribution in [0.3, 0.4) is 0 Å². The molecule has 0 aliphatic heterocycles. The zero-order valence-corrected chi connectivity index (χ0v) is 15.7. The van der Waals surface area contributed by atoms with Crippen molar-refractivity contribution in [3.05, 3.63) is 71.3 Å². The molecule has 0 aliphatic rings. The fraction of sp³-hybridized carbons (Fsp3) is 0.333. The van der Waals surface area contributed by atoms with Gasteiger partial charge in [-0.05, 0) is 23.3 Å². The van der Waals surface area contributed by atoms with Crippen LogP contribution < -0.4 is 0 Å². The number of nitrogens with zero attached hydrogens (tertiary/aromatic N) is 1. The number of benzene rings is 2. The number of hydrogen-bond acceptors (Lipinski definition) is 3. The maximum absolute atomic E-state index is 12.8. The van der Waals surface area contributed by atoms with Crippen molar-refractivity contribution in [2.75, 3.05) is 13.7 Å². The predicted molar refractivity (Wildman–Crippen MR) is 98.2 cm³/mol. The second-order valence-corrected chi connectivity index (χ2v) is 6.56. The van der Waals surface area contributed by atoms with Crippen LogP contribution in [0.15, 0.2) is 54.6 Å². The zero-order chi connectivity index (χ0) is 20.7. The molecule has 0 fully saturated rings. The summed E-state index contributed by atoms with van der Waals surface area (Å²) in [6.45, 7) is 2.11. The van der Waals surface area contributed by atoms with Crippen molar-refractivity contribution >= 4 is 11.9 Å². The van der Waals surface area contributed by atoms with Crippen LogP contribution in [0, 0.1) is 5.92 Å². The topological polar surface area (TPSA) is 46.6 Å². The van der Waals surface area contributed by atoms with Crippen molar-refractivity contribution in [2.45, 2.75) is 26.1 Å². The van der Waals surface area contributed by atoms with Gasteiger partial charge in [0, 0.05) is 13.1 Å². The summed E-state index contributed by atoms with van der Waals surface area (Å²) in [5.74, 6) is -1.23. The second kappa shape index (κ2) is 9.39. The highest BCUT2D eigenvalue weighted by Gasteiger charge is 2.30. The molecule has 0 N–H and O–H groups in total. The Bertz CT molecular complexity index is 789. The minimum absolute atomic E-state index is 0.0567. The molecule has 0 saturated carbocycles. The van der Waals surface area contributed by atoms with Crippen LogP contribution >= 0.6 is 0 Å². The number of hydrogen-bond donors (Lipinski definition) is 0. The Morgan fingerprint density at radius 1 is 1.00 bits per heavy atom. The highest BCUT2D eigenvalue weighted by molar-refractivity contribution is 5.80. The summed E-state index contributed by atoms with van der Waals surface area (Å²) in [7, 11) is 1.28. The number of carbonyl (C=O) groups excluding carboxylic acids is 2. The third kappa shape index (κ3) is 6.11. The van der Waals surface area contributed by atoms with Gasteiger partial charge in [0.2, 0.25) is 5.91 Å². The van der Waals surface area contributed by atoms with E-state index in [0.717, 1.165) is 17.7 Å². The fourth-order valence-corrected chi connectivity index (χ4v) is 2.76. The van der Waals surface area contributed by atoms with Crippen LogP contribution in [0.5, 0.6) is 0 Å². The molecule has 2 aromatic carbocycles. The van der Waals surface area contributed by atoms with E-state index in [-0.39, 0.29) is 18.9 Å². The van der Waals surface area contributed by atoms with E-state index in [1.807, 2.05) is 30.3 Å². The van der Waals surface area contributed by atoms with Crippen molar-refractivity contribution < 1.29 is 27.5 Å². The third-order valence-electron chi connectivity index (χ3n) is 4.30. The molecule has 1 unspecified atom stereocenters. The number of methoxy groups -OCH3 is 1. The van der Waals surface area contributed by atoms with E-state index in [1.165, 1.54) is 24.1 Å². The summed E-state index contributed by atoms with van der Waals surface area (Å²) >= 11 is 0. The van der Waals surface area contributed by atoms with Crippen molar-refractivity contribution in [3.8, 4) is 0 Å². The van der Waals surface area contributed by atoms with Gasteiger partial charge in [-0.3, -0.25) is 9.59 Å². The highest BCUT2D eigenvalue weighted by Crippen LogP contribution is 2.29. The van der Waals surface area contributed by atoms with Gasteiger partial charge >= 0.3 is 12.1 Å². The number of amides is 1. The van der Waals surface area contributed by atoms with Gasteiger partial charge < -0.3 is 9.64 Å². The molecule has 0 bridgehead atoms. The minimum Gasteiger partial charge on any atom is -0.469 e. The first-order valence-electron chi connectivity index (χ1n) is 8.76. The van der Waals surface area contributed by atoms with Crippen LogP contribution in [0.25, 0.3) is 0 Å². The van der Waals surface area contributed by atoms with E-state index < -0.39 is 23.6 Å². The van der Waals surface area contributed by atoms with Crippen molar-refractivity contribution in [2.24, 2.45) is 5.92 Å². The Kier molecular flexibility index (Phi) is 7.20. The average molecular weight is 393 g/mol. The lowest BCUT2D eigenvalue weighted by Gasteiger charge is -2.25. The van der Waals surface area contributed by atoms with Gasteiger partial charge in [-0.1, -0.05) is 49.4 Å². The summed E-state index contributed by atoms with van der Waals surface area (Å²) in [5, 5.41) is 0. The van der Waals surface area contributed by atoms with Crippen molar-refractivity contribution in [1.82, 2.24) is 4.90 Å². The summed E-state index contributed by atoms with van der Waals surface area (Å²) < 4.78 is 42.8. The van der Waals surface area contributed by atoms with Gasteiger partial charge in [-0.25, -0.2) is 0 Å². The van der Waals surface area contributed by atoms with E-state index in [0.29, 0.717) is 12.1 Å². The number of alkyl halides is 3. The van der Waals surface area contributed by atoms with Crippen LogP contribution in [-0.2, 0) is 33.5 Å². The first-order chi connectivity index (χ1) is 13.2. The average Bonchev–Trinajstić information content (AvgIpc) is 2.67. The Hall–Kier alpha value is -2.83. The lowest BCUT2D eigenvalue weighted by molar-refractivity contribution is -0.146. The molecule has 0 aromatic heterocycles. The first-order valence-corrected chi connectivity index (χ1v) is 8.76. The van der Waals surface area contributed by atoms with Crippen LogP contribution in [0.1, 0.15) is 23.6 Å². The van der Waals surface area contributed by atoms with E-state index >= 15 is 0 Å². The Morgan fingerprint density at radius 3 is 2.14 bits per heavy atom. The number of carbonyl (C=O) groups is 2. The Balaban J connectivity index is 2.14. The summed E-state index contributed by atoms with van der Waals surface area (Å²) in [4.78, 5) is 26.1. The monoisotopic (exact) mass is 393 g/mol. The minimum atomic E-state index is -4.42. The molecule has 7 heteroatoms. The molecule has 1 atom stereocenters. The van der Waals surface area contributed by atoms with Gasteiger partial charge in [0.15, 0.2) is 0 Å². The molecular weight excluding hydrogens is 371 g/mol. The van der Waals surface area contributed by atoms with E-state index in [2.05, 4.69) is 0 Å². The molecule has 0 radical (unpaired) electrons. The van der Waals surface area contributed by atoms with Gasteiger partial charge in [-0.15, -0.1) is 0 Å². The Labute approximate surface area is 161 Å². The van der Waals surface area contributed by atoms with E-state index in [9.17, 15) is 22.8 Å². The molecular formula is C21H22F3NO3. The lowest BCUT2D eigenvalue weighted by atomic mass is 10.1. The van der Waals surface area contributed by atoms with Crippen LogP contribution in [0.4, 0.5) is 13.2 Å². The standard InChI is InChI=1S/C21H22F3NO3/c1-15(20(27)28-2)13-25(14-17-6-4-3-5-7-17)19(26)12-16-8-10-18(11-9-16)21(22,23)24/h3-11,15H,12-14H2,1-2H3. The fourth-order valence-electron chi connectivity index (χ4n) is 2.76. The SMILES string of the molecule is COC(=O)C(C)CN(Cc1ccccc1)C(=O)Cc1ccc(C(F)(F)F)cc1. The van der Waals surface area contributed by atoms with Gasteiger partial charge in [-0.2, -0.15) is 13.2 Å². The molecule has 2 aromatic rings. The number of esters is 1. The number of halogens is 3. The van der Waals surface area contributed by atoms with Crippen molar-refractivity contribution in [1.29, 1.82) is 0 Å². The molecule has 2 rings (SSSR count). The molecule has 0 heterocycles. The van der Waals surface area contributed by atoms with Gasteiger partial charge in [0.25, 0.3) is 0 Å². The second-order valence-electron chi connectivity index (χ2n) is 6.56. The molecule has 4 nitrogen and oxygen atoms in total. The maximum Gasteiger partial charge on any atom is 0.416 e. The summed E-state index contributed by atoms with van der Waals surface area (Å²) in [5.41, 5.74) is 0.603. The highest BCUT2D eigenvalue weighted by atomic mass is 19.4. The molecule has 1 amide bonds. The Morgan fingerprint density at radius 2 is 1.61 bits per heavy atom. The lowest BCUT2D eigenvalue weighted by Crippen LogP contribution is -2.37. The smallest absolute Gasteiger partial charge is 0.416 e. The normalized spacial score (nSPS) is 12.3. The third-order valence-corrected chi connectivity index (χ3v) is 4.30. The number of rotatable bonds is 7. The largest absolute Gasteiger partial charge is 0.469 e. The molecule has 28 heavy (non-hydrogen) atoms. The summed E-state index contributed by atoms with van der Waals surface area (Å²) in [6, 6.07) is 13.8. The van der Waals surface area contributed by atoms with E-state index in [4.69, 9.17) is 4.74 Å². The zero-order valence-electron chi connectivity index (χ0n) is 15.7. The van der Waals surface area contributed by atoms with Gasteiger partial charge in [0.05, 0.1) is 25.0 Å². The van der Waals surface area contributed by atoms with E-state index in [1.54, 1.807) is 6.92 Å². The quantitative estimate of drug-likeness (QED) is 0.666. The molecule has 0 saturated heterocycles. The van der Waals surface area contributed by atoms with Gasteiger partial charge in [0.1, 0.15) is 0 Å².